The van der Waals surface area contributed by atoms with Gasteiger partial charge >= 0.3 is 6.18 Å². The average molecular weight is 423 g/mol. The molecular weight excluding hydrogens is 405 g/mol. The van der Waals surface area contributed by atoms with Gasteiger partial charge in [0.05, 0.1) is 24.4 Å². The molecule has 2 aromatic heterocycles. The van der Waals surface area contributed by atoms with Gasteiger partial charge in [-0.15, -0.1) is 0 Å². The number of hydrogen-bond acceptors (Lipinski definition) is 3. The normalized spacial score (nSPS) is 16.9. The van der Waals surface area contributed by atoms with Crippen molar-refractivity contribution >= 4 is 0 Å². The van der Waals surface area contributed by atoms with Crippen molar-refractivity contribution in [1.82, 2.24) is 14.5 Å². The first kappa shape index (κ1) is 20.5. The zero-order valence-corrected chi connectivity index (χ0v) is 16.0. The van der Waals surface area contributed by atoms with Gasteiger partial charge in [-0.3, -0.25) is 4.98 Å². The molecule has 1 aliphatic heterocycles. The average Bonchev–Trinajstić information content (AvgIpc) is 2.91. The van der Waals surface area contributed by atoms with Gasteiger partial charge in [0.2, 0.25) is 0 Å². The molecule has 0 spiro atoms. The highest BCUT2D eigenvalue weighted by atomic mass is 19.4. The van der Waals surface area contributed by atoms with Gasteiger partial charge in [-0.25, -0.2) is 13.8 Å². The van der Waals surface area contributed by atoms with Crippen molar-refractivity contribution in [3.63, 3.8) is 0 Å². The van der Waals surface area contributed by atoms with Crippen molar-refractivity contribution in [2.75, 3.05) is 13.3 Å². The second-order valence-electron chi connectivity index (χ2n) is 7.12. The minimum atomic E-state index is -4.84. The molecule has 0 bridgehead atoms. The number of halogens is 5. The Bertz CT molecular complexity index is 1080. The quantitative estimate of drug-likeness (QED) is 0.558. The summed E-state index contributed by atoms with van der Waals surface area (Å²) in [6.07, 6.45) is -3.56. The first-order chi connectivity index (χ1) is 14.3. The molecule has 0 unspecified atom stereocenters. The number of aryl methyl sites for hydroxylation is 1. The molecule has 1 atom stereocenters. The molecule has 4 nitrogen and oxygen atoms in total. The number of rotatable bonds is 3. The van der Waals surface area contributed by atoms with Crippen LogP contribution in [-0.4, -0.2) is 33.9 Å². The van der Waals surface area contributed by atoms with Crippen LogP contribution in [-0.2, 0) is 23.9 Å². The largest absolute Gasteiger partial charge is 0.419 e. The van der Waals surface area contributed by atoms with Gasteiger partial charge < -0.3 is 9.30 Å². The standard InChI is InChI=1S/C21H18F5N3O/c1-12-8-13(4-6-27-12)19-18-5-7-30-15(10-22)11-29(18)20(28-19)14-2-3-17(23)16(9-14)21(24,25)26/h2-4,6,8-9,15H,5,7,10-11H2,1H3/t15-/m1/s1. The third-order valence-corrected chi connectivity index (χ3v) is 5.02. The van der Waals surface area contributed by atoms with Gasteiger partial charge in [0.1, 0.15) is 24.4 Å². The van der Waals surface area contributed by atoms with Crippen LogP contribution in [0.25, 0.3) is 22.6 Å². The molecule has 3 heterocycles. The maximum Gasteiger partial charge on any atom is 0.419 e. The van der Waals surface area contributed by atoms with Crippen molar-refractivity contribution in [3.8, 4) is 22.6 Å². The lowest BCUT2D eigenvalue weighted by Gasteiger charge is -2.15. The van der Waals surface area contributed by atoms with Crippen LogP contribution in [0.2, 0.25) is 0 Å². The number of fused-ring (bicyclic) bond motifs is 1. The molecule has 0 N–H and O–H groups in total. The molecule has 0 aliphatic carbocycles. The first-order valence-corrected chi connectivity index (χ1v) is 9.35. The number of ether oxygens (including phenoxy) is 1. The predicted molar refractivity (Wildman–Crippen MR) is 100 cm³/mol. The van der Waals surface area contributed by atoms with Gasteiger partial charge in [-0.05, 0) is 37.3 Å². The lowest BCUT2D eigenvalue weighted by molar-refractivity contribution is -0.139. The van der Waals surface area contributed by atoms with E-state index in [-0.39, 0.29) is 24.5 Å². The monoisotopic (exact) mass is 423 g/mol. The highest BCUT2D eigenvalue weighted by Gasteiger charge is 2.35. The van der Waals surface area contributed by atoms with E-state index in [2.05, 4.69) is 9.97 Å². The predicted octanol–water partition coefficient (Wildman–Crippen LogP) is 4.99. The molecule has 1 aromatic carbocycles. The number of aromatic nitrogens is 3. The van der Waals surface area contributed by atoms with Crippen molar-refractivity contribution in [3.05, 3.63) is 59.3 Å². The molecule has 3 aromatic rings. The topological polar surface area (TPSA) is 39.9 Å². The van der Waals surface area contributed by atoms with Gasteiger partial charge in [-0.2, -0.15) is 13.2 Å². The highest BCUT2D eigenvalue weighted by molar-refractivity contribution is 5.69. The van der Waals surface area contributed by atoms with E-state index in [9.17, 15) is 22.0 Å². The van der Waals surface area contributed by atoms with E-state index in [1.54, 1.807) is 16.8 Å². The van der Waals surface area contributed by atoms with Crippen molar-refractivity contribution in [2.45, 2.75) is 32.2 Å². The fourth-order valence-corrected chi connectivity index (χ4v) is 3.63. The molecule has 30 heavy (non-hydrogen) atoms. The third-order valence-electron chi connectivity index (χ3n) is 5.02. The maximum absolute atomic E-state index is 13.8. The molecule has 0 saturated carbocycles. The number of imidazole rings is 1. The maximum atomic E-state index is 13.8. The molecule has 4 rings (SSSR count). The minimum Gasteiger partial charge on any atom is -0.373 e. The Morgan fingerprint density at radius 1 is 1.17 bits per heavy atom. The van der Waals surface area contributed by atoms with Gasteiger partial charge in [-0.1, -0.05) is 0 Å². The molecule has 0 amide bonds. The number of alkyl halides is 4. The summed E-state index contributed by atoms with van der Waals surface area (Å²) in [6, 6.07) is 6.33. The van der Waals surface area contributed by atoms with E-state index in [0.29, 0.717) is 12.1 Å². The number of nitrogens with zero attached hydrogens (tertiary/aromatic N) is 3. The van der Waals surface area contributed by atoms with Crippen LogP contribution in [0.5, 0.6) is 0 Å². The lowest BCUT2D eigenvalue weighted by atomic mass is 10.1. The van der Waals surface area contributed by atoms with Crippen LogP contribution in [0.1, 0.15) is 17.0 Å². The summed E-state index contributed by atoms with van der Waals surface area (Å²) in [5.74, 6) is -1.15. The second kappa shape index (κ2) is 7.79. The summed E-state index contributed by atoms with van der Waals surface area (Å²) in [5.41, 5.74) is 1.52. The zero-order chi connectivity index (χ0) is 21.5. The lowest BCUT2D eigenvalue weighted by Crippen LogP contribution is -2.21. The van der Waals surface area contributed by atoms with Crippen LogP contribution >= 0.6 is 0 Å². The summed E-state index contributed by atoms with van der Waals surface area (Å²) in [7, 11) is 0. The van der Waals surface area contributed by atoms with Crippen LogP contribution in [0, 0.1) is 12.7 Å². The number of pyridine rings is 1. The van der Waals surface area contributed by atoms with Crippen LogP contribution in [0.15, 0.2) is 36.5 Å². The Labute approximate surface area is 169 Å². The van der Waals surface area contributed by atoms with E-state index in [1.165, 1.54) is 6.07 Å². The Balaban J connectivity index is 1.92. The molecule has 158 valence electrons. The summed E-state index contributed by atoms with van der Waals surface area (Å²) in [6.45, 7) is 1.43. The van der Waals surface area contributed by atoms with Crippen LogP contribution < -0.4 is 0 Å². The smallest absolute Gasteiger partial charge is 0.373 e. The Hall–Kier alpha value is -2.81. The number of hydrogen-bond donors (Lipinski definition) is 0. The van der Waals surface area contributed by atoms with Crippen LogP contribution in [0.3, 0.4) is 0 Å². The van der Waals surface area contributed by atoms with Gasteiger partial charge in [0, 0.05) is 35.1 Å². The molecule has 0 saturated heterocycles. The third kappa shape index (κ3) is 3.81. The van der Waals surface area contributed by atoms with Crippen LogP contribution in [0.4, 0.5) is 22.0 Å². The molecule has 0 fully saturated rings. The van der Waals surface area contributed by atoms with E-state index in [1.807, 2.05) is 13.0 Å². The SMILES string of the molecule is Cc1cc(-c2nc(-c3ccc(F)c(C(F)(F)F)c3)n3c2CCO[C@H](CF)C3)ccn1. The highest BCUT2D eigenvalue weighted by Crippen LogP contribution is 2.36. The second-order valence-corrected chi connectivity index (χ2v) is 7.12. The van der Waals surface area contributed by atoms with Crippen molar-refractivity contribution in [2.24, 2.45) is 0 Å². The summed E-state index contributed by atoms with van der Waals surface area (Å²) in [4.78, 5) is 8.76. The number of benzene rings is 1. The van der Waals surface area contributed by atoms with Gasteiger partial charge in [0.15, 0.2) is 0 Å². The van der Waals surface area contributed by atoms with Gasteiger partial charge in [0.25, 0.3) is 0 Å². The molecule has 0 radical (unpaired) electrons. The van der Waals surface area contributed by atoms with Crippen molar-refractivity contribution in [1.29, 1.82) is 0 Å². The summed E-state index contributed by atoms with van der Waals surface area (Å²) < 4.78 is 74.1. The zero-order valence-electron chi connectivity index (χ0n) is 16.0. The Morgan fingerprint density at radius 2 is 1.97 bits per heavy atom. The summed E-state index contributed by atoms with van der Waals surface area (Å²) in [5, 5.41) is 0. The molecule has 1 aliphatic rings. The summed E-state index contributed by atoms with van der Waals surface area (Å²) >= 11 is 0. The van der Waals surface area contributed by atoms with Crippen molar-refractivity contribution < 1.29 is 26.7 Å². The fourth-order valence-electron chi connectivity index (χ4n) is 3.63. The first-order valence-electron chi connectivity index (χ1n) is 9.35. The van der Waals surface area contributed by atoms with E-state index >= 15 is 0 Å². The van der Waals surface area contributed by atoms with E-state index in [4.69, 9.17) is 4.74 Å². The van der Waals surface area contributed by atoms with E-state index in [0.717, 1.165) is 29.1 Å². The van der Waals surface area contributed by atoms with E-state index < -0.39 is 30.3 Å². The molecular formula is C21H18F5N3O. The molecule has 9 heteroatoms. The Kier molecular flexibility index (Phi) is 5.31. The fraction of sp³-hybridized carbons (Fsp3) is 0.333. The Morgan fingerprint density at radius 3 is 2.67 bits per heavy atom. The minimum absolute atomic E-state index is 0.0942.